The minimum atomic E-state index is 0.236. The van der Waals surface area contributed by atoms with Crippen LogP contribution in [0.5, 0.6) is 11.5 Å². The maximum Gasteiger partial charge on any atom is 0.161 e. The van der Waals surface area contributed by atoms with Crippen molar-refractivity contribution in [1.82, 2.24) is 0 Å². The summed E-state index contributed by atoms with van der Waals surface area (Å²) in [5.41, 5.74) is 0.585. The number of aromatic hydroxyl groups is 1. The summed E-state index contributed by atoms with van der Waals surface area (Å²) in [6, 6.07) is 7.29. The van der Waals surface area contributed by atoms with Gasteiger partial charge in [-0.25, -0.2) is 0 Å². The van der Waals surface area contributed by atoms with Gasteiger partial charge >= 0.3 is 0 Å². The van der Waals surface area contributed by atoms with E-state index in [1.165, 1.54) is 12.8 Å². The molecule has 1 aromatic rings. The van der Waals surface area contributed by atoms with E-state index in [1.54, 1.807) is 6.07 Å². The minimum Gasteiger partial charge on any atom is -0.504 e. The van der Waals surface area contributed by atoms with Crippen LogP contribution >= 0.6 is 0 Å². The summed E-state index contributed by atoms with van der Waals surface area (Å²) in [4.78, 5) is 0. The quantitative estimate of drug-likeness (QED) is 0.855. The van der Waals surface area contributed by atoms with E-state index in [0.29, 0.717) is 11.2 Å². The molecule has 0 heterocycles. The summed E-state index contributed by atoms with van der Waals surface area (Å²) >= 11 is 0. The van der Waals surface area contributed by atoms with Crippen LogP contribution in [0.4, 0.5) is 0 Å². The third kappa shape index (κ3) is 1.41. The Morgan fingerprint density at radius 2 is 1.94 bits per heavy atom. The molecule has 0 aromatic heterocycles. The number of rotatable bonds is 2. The fourth-order valence-corrected chi connectivity index (χ4v) is 4.02. The van der Waals surface area contributed by atoms with Crippen molar-refractivity contribution in [3.63, 3.8) is 0 Å². The number of phenolic OH excluding ortho intramolecular Hbond substituents is 1. The van der Waals surface area contributed by atoms with Crippen molar-refractivity contribution in [2.24, 2.45) is 16.7 Å². The molecule has 0 aliphatic heterocycles. The fourth-order valence-electron chi connectivity index (χ4n) is 4.02. The summed E-state index contributed by atoms with van der Waals surface area (Å²) in [6.45, 7) is 7.10. The van der Waals surface area contributed by atoms with Crippen LogP contribution in [0.1, 0.15) is 40.0 Å². The van der Waals surface area contributed by atoms with Crippen LogP contribution in [-0.2, 0) is 0 Å². The number of hydrogen-bond donors (Lipinski definition) is 1. The highest BCUT2D eigenvalue weighted by molar-refractivity contribution is 5.38. The zero-order valence-corrected chi connectivity index (χ0v) is 11.4. The first kappa shape index (κ1) is 11.9. The van der Waals surface area contributed by atoms with Gasteiger partial charge in [-0.05, 0) is 42.7 Å². The predicted octanol–water partition coefficient (Wildman–Crippen LogP) is 3.99. The summed E-state index contributed by atoms with van der Waals surface area (Å²) in [6.07, 6.45) is 3.92. The first-order valence-corrected chi connectivity index (χ1v) is 6.90. The van der Waals surface area contributed by atoms with Gasteiger partial charge in [0.2, 0.25) is 0 Å². The Balaban J connectivity index is 1.86. The molecule has 2 nitrogen and oxygen atoms in total. The highest BCUT2D eigenvalue weighted by atomic mass is 16.5. The van der Waals surface area contributed by atoms with E-state index in [9.17, 15) is 5.11 Å². The van der Waals surface area contributed by atoms with Gasteiger partial charge in [0, 0.05) is 5.41 Å². The lowest BCUT2D eigenvalue weighted by molar-refractivity contribution is 0.0286. The molecule has 2 fully saturated rings. The Bertz CT molecular complexity index is 466. The first-order chi connectivity index (χ1) is 8.45. The number of benzene rings is 1. The molecule has 98 valence electrons. The van der Waals surface area contributed by atoms with Crippen LogP contribution in [0.15, 0.2) is 24.3 Å². The van der Waals surface area contributed by atoms with Gasteiger partial charge in [0.05, 0.1) is 0 Å². The molecule has 18 heavy (non-hydrogen) atoms. The fraction of sp³-hybridized carbons (Fsp3) is 0.625. The standard InChI is InChI=1S/C16H22O2/c1-15(2)11-8-9-16(15,3)14(10-11)18-13-7-5-4-6-12(13)17/h4-7,11,14,17H,8-10H2,1-3H3/t11-,14-,16+/m1/s1. The van der Waals surface area contributed by atoms with Crippen molar-refractivity contribution in [2.75, 3.05) is 0 Å². The van der Waals surface area contributed by atoms with Crippen LogP contribution in [-0.4, -0.2) is 11.2 Å². The number of phenols is 1. The van der Waals surface area contributed by atoms with Gasteiger partial charge in [-0.1, -0.05) is 32.9 Å². The lowest BCUT2D eigenvalue weighted by Gasteiger charge is -2.38. The van der Waals surface area contributed by atoms with Gasteiger partial charge in [-0.3, -0.25) is 0 Å². The molecule has 1 aromatic carbocycles. The van der Waals surface area contributed by atoms with E-state index in [2.05, 4.69) is 20.8 Å². The van der Waals surface area contributed by atoms with Crippen molar-refractivity contribution < 1.29 is 9.84 Å². The molecule has 0 radical (unpaired) electrons. The molecule has 2 aliphatic carbocycles. The summed E-state index contributed by atoms with van der Waals surface area (Å²) in [5.74, 6) is 1.65. The largest absolute Gasteiger partial charge is 0.504 e. The average Bonchev–Trinajstić information content (AvgIpc) is 2.65. The normalized spacial score (nSPS) is 36.8. The Kier molecular flexibility index (Phi) is 2.42. The molecule has 0 amide bonds. The van der Waals surface area contributed by atoms with Crippen molar-refractivity contribution in [3.05, 3.63) is 24.3 Å². The molecule has 0 spiro atoms. The Morgan fingerprint density at radius 1 is 1.22 bits per heavy atom. The molecule has 2 bridgehead atoms. The first-order valence-electron chi connectivity index (χ1n) is 6.90. The predicted molar refractivity (Wildman–Crippen MR) is 71.8 cm³/mol. The average molecular weight is 246 g/mol. The second-order valence-corrected chi connectivity index (χ2v) is 6.68. The van der Waals surface area contributed by atoms with Gasteiger partial charge in [-0.15, -0.1) is 0 Å². The topological polar surface area (TPSA) is 29.5 Å². The van der Waals surface area contributed by atoms with Gasteiger partial charge in [0.15, 0.2) is 11.5 Å². The number of para-hydroxylation sites is 2. The molecule has 0 saturated heterocycles. The van der Waals surface area contributed by atoms with E-state index >= 15 is 0 Å². The van der Waals surface area contributed by atoms with Crippen molar-refractivity contribution in [3.8, 4) is 11.5 Å². The molecular weight excluding hydrogens is 224 g/mol. The summed E-state index contributed by atoms with van der Waals surface area (Å²) in [5, 5.41) is 9.83. The highest BCUT2D eigenvalue weighted by Gasteiger charge is 2.62. The van der Waals surface area contributed by atoms with E-state index in [4.69, 9.17) is 4.74 Å². The molecule has 3 atom stereocenters. The van der Waals surface area contributed by atoms with Crippen LogP contribution in [0.2, 0.25) is 0 Å². The molecule has 2 saturated carbocycles. The third-order valence-electron chi connectivity index (χ3n) is 5.85. The van der Waals surface area contributed by atoms with E-state index in [0.717, 1.165) is 12.3 Å². The molecular formula is C16H22O2. The molecule has 2 heteroatoms. The van der Waals surface area contributed by atoms with Gasteiger partial charge < -0.3 is 9.84 Å². The second kappa shape index (κ2) is 3.66. The van der Waals surface area contributed by atoms with Crippen LogP contribution < -0.4 is 4.74 Å². The Morgan fingerprint density at radius 3 is 2.50 bits per heavy atom. The van der Waals surface area contributed by atoms with Gasteiger partial charge in [0.1, 0.15) is 6.10 Å². The minimum absolute atomic E-state index is 0.236. The Hall–Kier alpha value is -1.18. The number of fused-ring (bicyclic) bond motifs is 2. The van der Waals surface area contributed by atoms with Crippen molar-refractivity contribution >= 4 is 0 Å². The van der Waals surface area contributed by atoms with Crippen molar-refractivity contribution in [2.45, 2.75) is 46.1 Å². The number of hydrogen-bond acceptors (Lipinski definition) is 2. The number of ether oxygens (including phenoxy) is 1. The highest BCUT2D eigenvalue weighted by Crippen LogP contribution is 2.66. The molecule has 2 aliphatic rings. The zero-order valence-electron chi connectivity index (χ0n) is 11.4. The third-order valence-corrected chi connectivity index (χ3v) is 5.85. The van der Waals surface area contributed by atoms with Gasteiger partial charge in [-0.2, -0.15) is 0 Å². The second-order valence-electron chi connectivity index (χ2n) is 6.68. The van der Waals surface area contributed by atoms with Crippen LogP contribution in [0.25, 0.3) is 0 Å². The molecule has 3 rings (SSSR count). The summed E-state index contributed by atoms with van der Waals surface area (Å²) < 4.78 is 6.13. The smallest absolute Gasteiger partial charge is 0.161 e. The maximum atomic E-state index is 9.83. The van der Waals surface area contributed by atoms with Crippen molar-refractivity contribution in [1.29, 1.82) is 0 Å². The van der Waals surface area contributed by atoms with Crippen LogP contribution in [0.3, 0.4) is 0 Å². The monoisotopic (exact) mass is 246 g/mol. The molecule has 0 unspecified atom stereocenters. The van der Waals surface area contributed by atoms with Crippen LogP contribution in [0, 0.1) is 16.7 Å². The Labute approximate surface area is 109 Å². The SMILES string of the molecule is CC1(C)[C@@H]2CC[C@@]1(C)[C@H](Oc1ccccc1O)C2. The lowest BCUT2D eigenvalue weighted by Crippen LogP contribution is -2.38. The molecule has 1 N–H and O–H groups in total. The lowest BCUT2D eigenvalue weighted by atomic mass is 9.70. The maximum absolute atomic E-state index is 9.83. The van der Waals surface area contributed by atoms with E-state index < -0.39 is 0 Å². The zero-order chi connectivity index (χ0) is 13.0. The van der Waals surface area contributed by atoms with E-state index in [1.807, 2.05) is 18.2 Å². The van der Waals surface area contributed by atoms with Gasteiger partial charge in [0.25, 0.3) is 0 Å². The summed E-state index contributed by atoms with van der Waals surface area (Å²) in [7, 11) is 0. The van der Waals surface area contributed by atoms with E-state index in [-0.39, 0.29) is 17.3 Å².